The molecule has 8 rings (SSSR count). The van der Waals surface area contributed by atoms with Crippen LogP contribution in [0.5, 0.6) is 0 Å². The topological polar surface area (TPSA) is 23.4 Å². The van der Waals surface area contributed by atoms with Gasteiger partial charge in [-0.05, 0) is 57.4 Å². The Balaban J connectivity index is 1.52. The molecule has 0 saturated carbocycles. The molecule has 0 atom stereocenters. The summed E-state index contributed by atoms with van der Waals surface area (Å²) in [6, 6.07) is 22.5. The number of benzene rings is 5. The van der Waals surface area contributed by atoms with Crippen LogP contribution in [0.2, 0.25) is 0 Å². The average molecular weight is 558 g/mol. The Labute approximate surface area is 252 Å². The van der Waals surface area contributed by atoms with Crippen molar-refractivity contribution in [1.29, 1.82) is 0 Å². The molecule has 3 nitrogen and oxygen atoms in total. The van der Waals surface area contributed by atoms with Crippen LogP contribution in [0.15, 0.2) is 109 Å². The molecule has 200 valence electrons. The Morgan fingerprint density at radius 1 is 0.683 bits per heavy atom. The minimum absolute atomic E-state index is 0.00332. The van der Waals surface area contributed by atoms with Gasteiger partial charge in [0.1, 0.15) is 0 Å². The molecule has 3 heterocycles. The van der Waals surface area contributed by atoms with Crippen molar-refractivity contribution in [3.63, 3.8) is 0 Å². The first-order chi connectivity index (χ1) is 22.3. The van der Waals surface area contributed by atoms with E-state index in [1.165, 1.54) is 12.1 Å². The molecule has 1 saturated heterocycles. The molecule has 1 fully saturated rings. The van der Waals surface area contributed by atoms with Crippen molar-refractivity contribution in [3.05, 3.63) is 109 Å². The summed E-state index contributed by atoms with van der Waals surface area (Å²) < 4.78 is 69.6. The second kappa shape index (κ2) is 8.80. The lowest BCUT2D eigenvalue weighted by molar-refractivity contribution is 0.00578. The number of hydrogen-bond acceptors (Lipinski definition) is 3. The van der Waals surface area contributed by atoms with Gasteiger partial charge < -0.3 is 13.9 Å². The highest BCUT2D eigenvalue weighted by atomic mass is 32.1. The fourth-order valence-corrected chi connectivity index (χ4v) is 7.04. The maximum absolute atomic E-state index is 9.03. The fraction of sp³-hybridized carbons (Fsp3) is 0.167. The smallest absolute Gasteiger partial charge is 0.399 e. The van der Waals surface area contributed by atoms with Gasteiger partial charge in [0.05, 0.1) is 36.1 Å². The summed E-state index contributed by atoms with van der Waals surface area (Å²) in [5, 5.41) is 2.72. The molecule has 0 amide bonds. The van der Waals surface area contributed by atoms with E-state index in [2.05, 4.69) is 24.3 Å². The van der Waals surface area contributed by atoms with Crippen molar-refractivity contribution >= 4 is 65.9 Å². The van der Waals surface area contributed by atoms with E-state index in [1.54, 1.807) is 15.9 Å². The predicted octanol–water partition coefficient (Wildman–Crippen LogP) is 9.12. The molecule has 0 unspecified atom stereocenters. The van der Waals surface area contributed by atoms with Crippen LogP contribution in [-0.2, 0) is 9.31 Å². The van der Waals surface area contributed by atoms with Gasteiger partial charge in [-0.15, -0.1) is 11.3 Å². The van der Waals surface area contributed by atoms with Crippen LogP contribution in [0.1, 0.15) is 35.9 Å². The van der Waals surface area contributed by atoms with Gasteiger partial charge in [-0.3, -0.25) is 0 Å². The summed E-state index contributed by atoms with van der Waals surface area (Å²) in [5.74, 6) is 0. The van der Waals surface area contributed by atoms with Crippen LogP contribution in [0.25, 0.3) is 58.8 Å². The number of nitrogens with zero attached hydrogens (tertiary/aromatic N) is 1. The van der Waals surface area contributed by atoms with E-state index >= 15 is 0 Å². The van der Waals surface area contributed by atoms with Crippen LogP contribution in [0.4, 0.5) is 0 Å². The van der Waals surface area contributed by atoms with Crippen LogP contribution >= 0.6 is 11.3 Å². The Morgan fingerprint density at radius 3 is 2.05 bits per heavy atom. The molecular formula is C36H30BNO2S. The summed E-state index contributed by atoms with van der Waals surface area (Å²) in [7, 11) is -0.637. The predicted molar refractivity (Wildman–Crippen MR) is 175 cm³/mol. The lowest BCUT2D eigenvalue weighted by Gasteiger charge is -2.32. The summed E-state index contributed by atoms with van der Waals surface area (Å²) in [6.07, 6.45) is 0. The molecule has 1 aliphatic heterocycles. The Morgan fingerprint density at radius 2 is 1.34 bits per heavy atom. The van der Waals surface area contributed by atoms with Crippen molar-refractivity contribution < 1.29 is 17.5 Å². The van der Waals surface area contributed by atoms with E-state index in [0.717, 1.165) is 36.8 Å². The minimum atomic E-state index is -0.637. The number of rotatable bonds is 3. The maximum Gasteiger partial charge on any atom is 0.494 e. The van der Waals surface area contributed by atoms with Gasteiger partial charge in [-0.25, -0.2) is 0 Å². The molecule has 41 heavy (non-hydrogen) atoms. The normalized spacial score (nSPS) is 18.5. The standard InChI is InChI=1S/C36H30BNO2S/c1-35(2)36(3,4)40-37(39-35)23-20-21-32(38-30-17-8-5-12-24(30)25-13-6-9-18-31(25)38)29(22-23)28-16-11-15-27-26-14-7-10-19-33(26)41-34(27)28/h5-22H,1-4H3/i5D,6D,12D,13D,17D,18D. The molecule has 5 aromatic carbocycles. The van der Waals surface area contributed by atoms with Crippen LogP contribution < -0.4 is 5.46 Å². The van der Waals surface area contributed by atoms with E-state index in [1.807, 2.05) is 64.1 Å². The van der Waals surface area contributed by atoms with Gasteiger partial charge in [0.2, 0.25) is 0 Å². The van der Waals surface area contributed by atoms with E-state index < -0.39 is 18.3 Å². The van der Waals surface area contributed by atoms with Gasteiger partial charge in [0.15, 0.2) is 0 Å². The highest BCUT2D eigenvalue weighted by molar-refractivity contribution is 7.26. The lowest BCUT2D eigenvalue weighted by Crippen LogP contribution is -2.41. The third-order valence-corrected chi connectivity index (χ3v) is 9.83. The second-order valence-corrected chi connectivity index (χ2v) is 12.6. The lowest BCUT2D eigenvalue weighted by atomic mass is 9.77. The molecular weight excluding hydrogens is 521 g/mol. The van der Waals surface area contributed by atoms with Crippen LogP contribution in [-0.4, -0.2) is 22.9 Å². The molecule has 0 bridgehead atoms. The number of hydrogen-bond donors (Lipinski definition) is 0. The Bertz CT molecular complexity index is 2380. The van der Waals surface area contributed by atoms with Gasteiger partial charge in [0.25, 0.3) is 0 Å². The van der Waals surface area contributed by atoms with Gasteiger partial charge in [-0.2, -0.15) is 0 Å². The number of thiophene rings is 1. The average Bonchev–Trinajstić information content (AvgIpc) is 3.66. The minimum Gasteiger partial charge on any atom is -0.399 e. The first-order valence-electron chi connectivity index (χ1n) is 16.7. The Hall–Kier alpha value is -3.90. The summed E-state index contributed by atoms with van der Waals surface area (Å²) in [6.45, 7) is 8.06. The van der Waals surface area contributed by atoms with E-state index in [-0.39, 0.29) is 47.0 Å². The van der Waals surface area contributed by atoms with Crippen molar-refractivity contribution in [3.8, 4) is 16.8 Å². The highest BCUT2D eigenvalue weighted by Crippen LogP contribution is 2.43. The van der Waals surface area contributed by atoms with E-state index in [4.69, 9.17) is 17.5 Å². The number of fused-ring (bicyclic) bond motifs is 6. The zero-order valence-electron chi connectivity index (χ0n) is 29.2. The zero-order valence-corrected chi connectivity index (χ0v) is 24.0. The molecule has 0 aliphatic carbocycles. The summed E-state index contributed by atoms with van der Waals surface area (Å²) >= 11 is 1.69. The van der Waals surface area contributed by atoms with Crippen molar-refractivity contribution in [2.24, 2.45) is 0 Å². The summed E-state index contributed by atoms with van der Waals surface area (Å²) in [5.41, 5.74) is 2.74. The van der Waals surface area contributed by atoms with Gasteiger partial charge in [0, 0.05) is 42.1 Å². The van der Waals surface area contributed by atoms with Crippen molar-refractivity contribution in [1.82, 2.24) is 4.57 Å². The molecule has 1 aliphatic rings. The Kier molecular flexibility index (Phi) is 4.14. The SMILES string of the molecule is [2H]c1cc([2H])c2c(c1[2H])c1c([2H])c([2H])cc([2H])c1n2-c1ccc(B2OC(C)(C)C(C)(C)O2)cc1-c1cccc2c1sc1ccccc12. The first-order valence-corrected chi connectivity index (χ1v) is 14.5. The van der Waals surface area contributed by atoms with Gasteiger partial charge in [-0.1, -0.05) is 84.8 Å². The highest BCUT2D eigenvalue weighted by Gasteiger charge is 2.51. The number of aromatic nitrogens is 1. The number of para-hydroxylation sites is 2. The van der Waals surface area contributed by atoms with Crippen LogP contribution in [0.3, 0.4) is 0 Å². The van der Waals surface area contributed by atoms with Crippen molar-refractivity contribution in [2.75, 3.05) is 0 Å². The molecule has 5 heteroatoms. The quantitative estimate of drug-likeness (QED) is 0.202. The van der Waals surface area contributed by atoms with Crippen molar-refractivity contribution in [2.45, 2.75) is 38.9 Å². The third-order valence-electron chi connectivity index (χ3n) is 8.61. The fourth-order valence-electron chi connectivity index (χ4n) is 5.80. The van der Waals surface area contributed by atoms with E-state index in [9.17, 15) is 0 Å². The molecule has 0 radical (unpaired) electrons. The summed E-state index contributed by atoms with van der Waals surface area (Å²) in [4.78, 5) is 0. The van der Waals surface area contributed by atoms with Crippen LogP contribution in [0, 0.1) is 0 Å². The monoisotopic (exact) mass is 557 g/mol. The molecule has 0 N–H and O–H groups in total. The van der Waals surface area contributed by atoms with Gasteiger partial charge >= 0.3 is 7.12 Å². The zero-order chi connectivity index (χ0) is 33.2. The third kappa shape index (κ3) is 3.66. The first kappa shape index (κ1) is 19.3. The molecule has 2 aromatic heterocycles. The molecule has 0 spiro atoms. The second-order valence-electron chi connectivity index (χ2n) is 11.5. The molecule has 7 aromatic rings. The van der Waals surface area contributed by atoms with E-state index in [0.29, 0.717) is 16.7 Å². The maximum atomic E-state index is 9.03. The largest absolute Gasteiger partial charge is 0.494 e.